The number of unbranched alkanes of at least 4 members (excludes halogenated alkanes) is 5. The van der Waals surface area contributed by atoms with Crippen LogP contribution in [0.2, 0.25) is 0 Å². The highest BCUT2D eigenvalue weighted by atomic mass is 16.4. The molecular weight excluding hydrogens is 320 g/mol. The number of carbonyl (C=O) groups is 1. The van der Waals surface area contributed by atoms with Gasteiger partial charge in [0.25, 0.3) is 0 Å². The van der Waals surface area contributed by atoms with Crippen LogP contribution in [0, 0.1) is 11.8 Å². The molecule has 25 heavy (non-hydrogen) atoms. The molecule has 0 radical (unpaired) electrons. The lowest BCUT2D eigenvalue weighted by Gasteiger charge is -2.21. The van der Waals surface area contributed by atoms with Crippen LogP contribution in [0.5, 0.6) is 0 Å². The van der Waals surface area contributed by atoms with E-state index in [1.807, 2.05) is 6.08 Å². The first-order valence-electron chi connectivity index (χ1n) is 9.90. The SMILES string of the molecule is CCCCC[C@H](O)/C=C\[C@@H]1[C@@H](CCCCCCC(=O)O)[C@H](O)C[C@@H]1O. The van der Waals surface area contributed by atoms with Gasteiger partial charge in [-0.2, -0.15) is 0 Å². The van der Waals surface area contributed by atoms with Gasteiger partial charge in [0, 0.05) is 18.8 Å². The zero-order valence-corrected chi connectivity index (χ0v) is 15.5. The zero-order valence-electron chi connectivity index (χ0n) is 15.5. The second kappa shape index (κ2) is 12.4. The van der Waals surface area contributed by atoms with E-state index in [9.17, 15) is 20.1 Å². The highest BCUT2D eigenvalue weighted by Crippen LogP contribution is 2.37. The molecule has 1 rings (SSSR count). The van der Waals surface area contributed by atoms with Crippen molar-refractivity contribution in [3.8, 4) is 0 Å². The summed E-state index contributed by atoms with van der Waals surface area (Å²) in [4.78, 5) is 10.5. The Kier molecular flexibility index (Phi) is 11.0. The molecule has 0 unspecified atom stereocenters. The van der Waals surface area contributed by atoms with Crippen LogP contribution >= 0.6 is 0 Å². The van der Waals surface area contributed by atoms with Gasteiger partial charge in [0.2, 0.25) is 0 Å². The molecule has 1 aliphatic rings. The minimum atomic E-state index is -0.753. The molecule has 0 bridgehead atoms. The Balaban J connectivity index is 2.38. The largest absolute Gasteiger partial charge is 0.481 e. The number of aliphatic hydroxyl groups is 3. The van der Waals surface area contributed by atoms with Crippen molar-refractivity contribution in [2.24, 2.45) is 11.8 Å². The van der Waals surface area contributed by atoms with Crippen LogP contribution in [0.25, 0.3) is 0 Å². The average Bonchev–Trinajstić information content (AvgIpc) is 2.82. The third kappa shape index (κ3) is 8.84. The summed E-state index contributed by atoms with van der Waals surface area (Å²) in [6, 6.07) is 0. The van der Waals surface area contributed by atoms with Gasteiger partial charge in [0.1, 0.15) is 0 Å². The molecule has 1 saturated carbocycles. The predicted octanol–water partition coefficient (Wildman–Crippen LogP) is 3.27. The molecule has 0 aromatic heterocycles. The Morgan fingerprint density at radius 3 is 2.48 bits per heavy atom. The fraction of sp³-hybridized carbons (Fsp3) is 0.850. The smallest absolute Gasteiger partial charge is 0.303 e. The monoisotopic (exact) mass is 356 g/mol. The Bertz CT molecular complexity index is 396. The molecule has 0 spiro atoms. The van der Waals surface area contributed by atoms with Crippen LogP contribution in [-0.2, 0) is 4.79 Å². The topological polar surface area (TPSA) is 98.0 Å². The molecule has 5 atom stereocenters. The minimum absolute atomic E-state index is 0.0218. The second-order valence-corrected chi connectivity index (χ2v) is 7.41. The second-order valence-electron chi connectivity index (χ2n) is 7.41. The van der Waals surface area contributed by atoms with Crippen LogP contribution in [0.4, 0.5) is 0 Å². The quantitative estimate of drug-likeness (QED) is 0.300. The van der Waals surface area contributed by atoms with Crippen molar-refractivity contribution >= 4 is 5.97 Å². The van der Waals surface area contributed by atoms with Gasteiger partial charge >= 0.3 is 5.97 Å². The number of carboxylic acid groups (broad SMARTS) is 1. The molecular formula is C20H36O5. The van der Waals surface area contributed by atoms with E-state index in [0.29, 0.717) is 12.8 Å². The van der Waals surface area contributed by atoms with E-state index < -0.39 is 24.3 Å². The van der Waals surface area contributed by atoms with E-state index in [-0.39, 0.29) is 18.3 Å². The van der Waals surface area contributed by atoms with Gasteiger partial charge in [-0.15, -0.1) is 0 Å². The van der Waals surface area contributed by atoms with E-state index in [2.05, 4.69) is 6.92 Å². The van der Waals surface area contributed by atoms with Crippen molar-refractivity contribution in [1.29, 1.82) is 0 Å². The van der Waals surface area contributed by atoms with Gasteiger partial charge in [0.05, 0.1) is 18.3 Å². The maximum absolute atomic E-state index is 10.5. The Labute approximate surface area is 151 Å². The van der Waals surface area contributed by atoms with Crippen LogP contribution in [0.15, 0.2) is 12.2 Å². The molecule has 5 heteroatoms. The van der Waals surface area contributed by atoms with E-state index >= 15 is 0 Å². The molecule has 1 aliphatic carbocycles. The summed E-state index contributed by atoms with van der Waals surface area (Å²) in [6.07, 6.45) is 11.0. The van der Waals surface area contributed by atoms with Gasteiger partial charge in [-0.1, -0.05) is 57.6 Å². The molecule has 0 aliphatic heterocycles. The molecule has 0 saturated heterocycles. The standard InChI is InChI=1S/C20H36O5/c1-2-3-6-9-15(21)12-13-17-16(18(22)14-19(17)23)10-7-4-5-8-11-20(24)25/h12-13,15-19,21-23H,2-11,14H2,1H3,(H,24,25)/b13-12-/t15-,16+,17+,18+,19-/m0/s1. The number of carboxylic acids is 1. The van der Waals surface area contributed by atoms with Crippen LogP contribution in [0.1, 0.15) is 77.6 Å². The van der Waals surface area contributed by atoms with Gasteiger partial charge in [-0.25, -0.2) is 0 Å². The number of aliphatic hydroxyl groups excluding tert-OH is 3. The first-order chi connectivity index (χ1) is 12.0. The average molecular weight is 357 g/mol. The van der Waals surface area contributed by atoms with Crippen molar-refractivity contribution in [3.05, 3.63) is 12.2 Å². The Hall–Kier alpha value is -0.910. The Morgan fingerprint density at radius 1 is 1.08 bits per heavy atom. The lowest BCUT2D eigenvalue weighted by Crippen LogP contribution is -2.21. The number of hydrogen-bond donors (Lipinski definition) is 4. The van der Waals surface area contributed by atoms with Crippen molar-refractivity contribution < 1.29 is 25.2 Å². The summed E-state index contributed by atoms with van der Waals surface area (Å²) in [7, 11) is 0. The van der Waals surface area contributed by atoms with Gasteiger partial charge in [-0.3, -0.25) is 4.79 Å². The van der Waals surface area contributed by atoms with Crippen molar-refractivity contribution in [1.82, 2.24) is 0 Å². The zero-order chi connectivity index (χ0) is 18.7. The molecule has 4 N–H and O–H groups in total. The first kappa shape index (κ1) is 22.1. The summed E-state index contributed by atoms with van der Waals surface area (Å²) in [5, 5.41) is 39.0. The molecule has 0 heterocycles. The predicted molar refractivity (Wildman–Crippen MR) is 98.2 cm³/mol. The van der Waals surface area contributed by atoms with Crippen LogP contribution in [-0.4, -0.2) is 44.7 Å². The number of hydrogen-bond acceptors (Lipinski definition) is 4. The summed E-state index contributed by atoms with van der Waals surface area (Å²) < 4.78 is 0. The van der Waals surface area contributed by atoms with Crippen molar-refractivity contribution in [2.45, 2.75) is 95.9 Å². The third-order valence-electron chi connectivity index (χ3n) is 5.25. The lowest BCUT2D eigenvalue weighted by molar-refractivity contribution is -0.137. The normalized spacial score (nSPS) is 27.8. The van der Waals surface area contributed by atoms with Crippen molar-refractivity contribution in [2.75, 3.05) is 0 Å². The summed E-state index contributed by atoms with van der Waals surface area (Å²) in [6.45, 7) is 2.13. The van der Waals surface area contributed by atoms with Crippen molar-refractivity contribution in [3.63, 3.8) is 0 Å². The van der Waals surface area contributed by atoms with Gasteiger partial charge in [0.15, 0.2) is 0 Å². The number of rotatable bonds is 13. The summed E-state index contributed by atoms with van der Waals surface area (Å²) in [5.41, 5.74) is 0. The lowest BCUT2D eigenvalue weighted by atomic mass is 9.88. The summed E-state index contributed by atoms with van der Waals surface area (Å²) in [5.74, 6) is -0.833. The van der Waals surface area contributed by atoms with E-state index in [0.717, 1.165) is 51.4 Å². The molecule has 0 aromatic carbocycles. The first-order valence-corrected chi connectivity index (χ1v) is 9.90. The van der Waals surface area contributed by atoms with Crippen LogP contribution in [0.3, 0.4) is 0 Å². The molecule has 1 fully saturated rings. The number of aliphatic carboxylic acids is 1. The Morgan fingerprint density at radius 2 is 1.80 bits per heavy atom. The maximum atomic E-state index is 10.5. The van der Waals surface area contributed by atoms with E-state index in [4.69, 9.17) is 5.11 Å². The fourth-order valence-electron chi connectivity index (χ4n) is 3.74. The fourth-order valence-corrected chi connectivity index (χ4v) is 3.74. The molecule has 146 valence electrons. The maximum Gasteiger partial charge on any atom is 0.303 e. The third-order valence-corrected chi connectivity index (χ3v) is 5.25. The van der Waals surface area contributed by atoms with Gasteiger partial charge in [-0.05, 0) is 25.2 Å². The minimum Gasteiger partial charge on any atom is -0.481 e. The van der Waals surface area contributed by atoms with Crippen LogP contribution < -0.4 is 0 Å². The molecule has 5 nitrogen and oxygen atoms in total. The molecule has 0 aromatic rings. The van der Waals surface area contributed by atoms with Gasteiger partial charge < -0.3 is 20.4 Å². The van der Waals surface area contributed by atoms with E-state index in [1.165, 1.54) is 0 Å². The summed E-state index contributed by atoms with van der Waals surface area (Å²) >= 11 is 0. The highest BCUT2D eigenvalue weighted by molar-refractivity contribution is 5.66. The van der Waals surface area contributed by atoms with E-state index in [1.54, 1.807) is 6.08 Å². The molecule has 0 amide bonds. The highest BCUT2D eigenvalue weighted by Gasteiger charge is 2.39.